The van der Waals surface area contributed by atoms with E-state index in [2.05, 4.69) is 4.84 Å². The van der Waals surface area contributed by atoms with E-state index in [1.165, 1.54) is 13.2 Å². The van der Waals surface area contributed by atoms with Crippen molar-refractivity contribution in [1.29, 1.82) is 0 Å². The Kier molecular flexibility index (Phi) is 2.70. The van der Waals surface area contributed by atoms with Crippen LogP contribution in [0.4, 0.5) is 10.1 Å². The summed E-state index contributed by atoms with van der Waals surface area (Å²) in [5.74, 6) is -1.38. The van der Waals surface area contributed by atoms with Crippen molar-refractivity contribution in [2.45, 2.75) is 0 Å². The predicted molar refractivity (Wildman–Crippen MR) is 45.0 cm³/mol. The lowest BCUT2D eigenvalue weighted by Crippen LogP contribution is -2.06. The molecule has 1 aromatic rings. The van der Waals surface area contributed by atoms with Crippen LogP contribution >= 0.6 is 0 Å². The Balaban J connectivity index is 3.13. The molecule has 1 aromatic carbocycles. The van der Waals surface area contributed by atoms with Crippen LogP contribution in [0, 0.1) is 15.9 Å². The summed E-state index contributed by atoms with van der Waals surface area (Å²) >= 11 is 0. The second kappa shape index (κ2) is 3.77. The van der Waals surface area contributed by atoms with Crippen LogP contribution in [0.5, 0.6) is 11.5 Å². The summed E-state index contributed by atoms with van der Waals surface area (Å²) in [6.07, 6.45) is 0. The Hall–Kier alpha value is -2.05. The highest BCUT2D eigenvalue weighted by Gasteiger charge is 2.12. The molecule has 0 aliphatic rings. The summed E-state index contributed by atoms with van der Waals surface area (Å²) in [7, 11) is 1.32. The van der Waals surface area contributed by atoms with Gasteiger partial charge in [-0.15, -0.1) is 10.1 Å². The highest BCUT2D eigenvalue weighted by molar-refractivity contribution is 5.51. The number of hydrogen-bond acceptors (Lipinski definition) is 5. The van der Waals surface area contributed by atoms with E-state index in [1.807, 2.05) is 0 Å². The molecular weight excluding hydrogens is 195 g/mol. The molecule has 14 heavy (non-hydrogen) atoms. The number of anilines is 1. The molecule has 0 aliphatic carbocycles. The minimum absolute atomic E-state index is 0.181. The first kappa shape index (κ1) is 10.0. The van der Waals surface area contributed by atoms with E-state index >= 15 is 0 Å². The third-order valence-corrected chi connectivity index (χ3v) is 1.45. The van der Waals surface area contributed by atoms with Crippen molar-refractivity contribution in [2.75, 3.05) is 12.8 Å². The van der Waals surface area contributed by atoms with Gasteiger partial charge in [0.1, 0.15) is 5.75 Å². The molecule has 0 saturated heterocycles. The number of ether oxygens (including phenoxy) is 1. The number of nitrogen functional groups attached to an aromatic ring is 1. The molecule has 0 unspecified atom stereocenters. The average molecular weight is 202 g/mol. The van der Waals surface area contributed by atoms with Crippen molar-refractivity contribution in [3.05, 3.63) is 28.1 Å². The largest absolute Gasteiger partial charge is 0.497 e. The number of benzene rings is 1. The van der Waals surface area contributed by atoms with Gasteiger partial charge in [0.05, 0.1) is 12.8 Å². The zero-order chi connectivity index (χ0) is 10.7. The lowest BCUT2D eigenvalue weighted by atomic mass is 10.2. The summed E-state index contributed by atoms with van der Waals surface area (Å²) in [5, 5.41) is 8.84. The van der Waals surface area contributed by atoms with Crippen LogP contribution in [0.2, 0.25) is 0 Å². The number of hydrogen-bond donors (Lipinski definition) is 1. The van der Waals surface area contributed by atoms with Crippen LogP contribution < -0.4 is 15.3 Å². The lowest BCUT2D eigenvalue weighted by molar-refractivity contribution is -0.711. The molecule has 0 bridgehead atoms. The Labute approximate surface area is 78.1 Å². The minimum Gasteiger partial charge on any atom is -0.497 e. The zero-order valence-electron chi connectivity index (χ0n) is 7.19. The highest BCUT2D eigenvalue weighted by atomic mass is 19.1. The summed E-state index contributed by atoms with van der Waals surface area (Å²) in [4.78, 5) is 13.9. The standard InChI is InChI=1S/C7H7FN2O4/c1-13-4-2-5(9)7(8)6(3-4)14-10(11)12/h2-3H,9H2,1H3. The van der Waals surface area contributed by atoms with Crippen molar-refractivity contribution < 1.29 is 19.1 Å². The molecule has 0 radical (unpaired) electrons. The first-order chi connectivity index (χ1) is 6.54. The average Bonchev–Trinajstić information content (AvgIpc) is 2.11. The smallest absolute Gasteiger partial charge is 0.299 e. The molecule has 0 spiro atoms. The third kappa shape index (κ3) is 2.00. The molecular formula is C7H7FN2O4. The van der Waals surface area contributed by atoms with Crippen LogP contribution in [0.15, 0.2) is 12.1 Å². The van der Waals surface area contributed by atoms with Crippen LogP contribution in [-0.2, 0) is 0 Å². The Morgan fingerprint density at radius 3 is 2.71 bits per heavy atom. The number of rotatable bonds is 3. The van der Waals surface area contributed by atoms with Crippen LogP contribution in [0.1, 0.15) is 0 Å². The van der Waals surface area contributed by atoms with E-state index in [0.717, 1.165) is 6.07 Å². The molecule has 2 N–H and O–H groups in total. The number of methoxy groups -OCH3 is 1. The number of halogens is 1. The molecule has 7 heteroatoms. The second-order valence-corrected chi connectivity index (χ2v) is 2.34. The Morgan fingerprint density at radius 2 is 2.21 bits per heavy atom. The fourth-order valence-corrected chi connectivity index (χ4v) is 0.858. The first-order valence-corrected chi connectivity index (χ1v) is 3.50. The van der Waals surface area contributed by atoms with E-state index in [0.29, 0.717) is 0 Å². The molecule has 0 atom stereocenters. The molecule has 0 aliphatic heterocycles. The summed E-state index contributed by atoms with van der Waals surface area (Å²) in [6, 6.07) is 2.23. The van der Waals surface area contributed by atoms with Crippen LogP contribution in [0.3, 0.4) is 0 Å². The maximum Gasteiger partial charge on any atom is 0.299 e. The Morgan fingerprint density at radius 1 is 1.57 bits per heavy atom. The van der Waals surface area contributed by atoms with Crippen molar-refractivity contribution in [3.8, 4) is 11.5 Å². The molecule has 1 rings (SSSR count). The molecule has 6 nitrogen and oxygen atoms in total. The van der Waals surface area contributed by atoms with E-state index in [4.69, 9.17) is 10.5 Å². The van der Waals surface area contributed by atoms with Crippen LogP contribution in [0.25, 0.3) is 0 Å². The number of nitrogens with two attached hydrogens (primary N) is 1. The summed E-state index contributed by atoms with van der Waals surface area (Å²) < 4.78 is 17.8. The predicted octanol–water partition coefficient (Wildman–Crippen LogP) is 0.987. The number of nitrogens with zero attached hydrogens (tertiary/aromatic N) is 1. The van der Waals surface area contributed by atoms with E-state index in [9.17, 15) is 14.5 Å². The van der Waals surface area contributed by atoms with Gasteiger partial charge in [-0.1, -0.05) is 0 Å². The quantitative estimate of drug-likeness (QED) is 0.448. The van der Waals surface area contributed by atoms with Crippen molar-refractivity contribution in [3.63, 3.8) is 0 Å². The van der Waals surface area contributed by atoms with E-state index in [1.54, 1.807) is 0 Å². The molecule has 0 aromatic heterocycles. The maximum absolute atomic E-state index is 13.1. The van der Waals surface area contributed by atoms with Gasteiger partial charge in [0, 0.05) is 12.1 Å². The van der Waals surface area contributed by atoms with Gasteiger partial charge < -0.3 is 10.5 Å². The van der Waals surface area contributed by atoms with Crippen molar-refractivity contribution in [1.82, 2.24) is 0 Å². The van der Waals surface area contributed by atoms with Crippen molar-refractivity contribution >= 4 is 5.69 Å². The summed E-state index contributed by atoms with van der Waals surface area (Å²) in [5.41, 5.74) is 4.94. The summed E-state index contributed by atoms with van der Waals surface area (Å²) in [6.45, 7) is 0. The molecule has 0 heterocycles. The van der Waals surface area contributed by atoms with Gasteiger partial charge in [-0.3, -0.25) is 4.84 Å². The fourth-order valence-electron chi connectivity index (χ4n) is 0.858. The third-order valence-electron chi connectivity index (χ3n) is 1.45. The topological polar surface area (TPSA) is 87.6 Å². The van der Waals surface area contributed by atoms with Gasteiger partial charge >= 0.3 is 0 Å². The van der Waals surface area contributed by atoms with Gasteiger partial charge in [0.25, 0.3) is 5.09 Å². The van der Waals surface area contributed by atoms with Gasteiger partial charge in [-0.25, -0.2) is 4.39 Å². The van der Waals surface area contributed by atoms with Gasteiger partial charge in [0.2, 0.25) is 0 Å². The second-order valence-electron chi connectivity index (χ2n) is 2.34. The monoisotopic (exact) mass is 202 g/mol. The molecule has 0 fully saturated rings. The van der Waals surface area contributed by atoms with Gasteiger partial charge in [0.15, 0.2) is 11.6 Å². The Bertz CT molecular complexity index is 369. The van der Waals surface area contributed by atoms with Gasteiger partial charge in [-0.2, -0.15) is 0 Å². The highest BCUT2D eigenvalue weighted by Crippen LogP contribution is 2.28. The fraction of sp³-hybridized carbons (Fsp3) is 0.143. The minimum atomic E-state index is -1.13. The zero-order valence-corrected chi connectivity index (χ0v) is 7.19. The first-order valence-electron chi connectivity index (χ1n) is 3.50. The molecule has 76 valence electrons. The van der Waals surface area contributed by atoms with Gasteiger partial charge in [-0.05, 0) is 0 Å². The van der Waals surface area contributed by atoms with E-state index in [-0.39, 0.29) is 11.4 Å². The SMILES string of the molecule is COc1cc(N)c(F)c(O[N+](=O)[O-])c1. The van der Waals surface area contributed by atoms with Crippen molar-refractivity contribution in [2.24, 2.45) is 0 Å². The van der Waals surface area contributed by atoms with Crippen LogP contribution in [-0.4, -0.2) is 12.2 Å². The molecule has 0 saturated carbocycles. The van der Waals surface area contributed by atoms with E-state index < -0.39 is 16.7 Å². The molecule has 0 amide bonds. The lowest BCUT2D eigenvalue weighted by Gasteiger charge is -2.06. The maximum atomic E-state index is 13.1. The normalized spacial score (nSPS) is 9.57.